The number of rotatable bonds is 3. The molecule has 1 aliphatic rings. The number of piperidine rings is 1. The predicted molar refractivity (Wildman–Crippen MR) is 92.6 cm³/mol. The number of aromatic nitrogens is 4. The Hall–Kier alpha value is -2.84. The number of nitrogens with zero attached hydrogens (tertiary/aromatic N) is 5. The molecule has 0 aliphatic carbocycles. The molecule has 0 unspecified atom stereocenters. The summed E-state index contributed by atoms with van der Waals surface area (Å²) in [7, 11) is 1.71. The molecule has 0 bridgehead atoms. The summed E-state index contributed by atoms with van der Waals surface area (Å²) in [5.74, 6) is -0.256. The van der Waals surface area contributed by atoms with Crippen molar-refractivity contribution in [2.75, 3.05) is 13.1 Å². The highest BCUT2D eigenvalue weighted by atomic mass is 19.3. The second-order valence-electron chi connectivity index (χ2n) is 6.82. The number of fused-ring (bicyclic) bond motifs is 1. The Balaban J connectivity index is 1.65. The molecule has 142 valence electrons. The molecule has 4 heterocycles. The number of aryl methyl sites for hydroxylation is 2. The lowest BCUT2D eigenvalue weighted by Crippen LogP contribution is -2.40. The van der Waals surface area contributed by atoms with Gasteiger partial charge in [0.05, 0.1) is 11.1 Å². The summed E-state index contributed by atoms with van der Waals surface area (Å²) in [5, 5.41) is 8.07. The first-order valence-corrected chi connectivity index (χ1v) is 8.78. The second-order valence-corrected chi connectivity index (χ2v) is 6.82. The van der Waals surface area contributed by atoms with Crippen LogP contribution in [0, 0.1) is 6.92 Å². The highest BCUT2D eigenvalue weighted by molar-refractivity contribution is 5.92. The van der Waals surface area contributed by atoms with Crippen molar-refractivity contribution in [1.29, 1.82) is 0 Å². The average Bonchev–Trinajstić information content (AvgIpc) is 3.26. The van der Waals surface area contributed by atoms with Crippen molar-refractivity contribution in [3.63, 3.8) is 0 Å². The molecule has 1 saturated heterocycles. The maximum Gasteiger partial charge on any atom is 0.272 e. The molecule has 0 saturated carbocycles. The topological polar surface area (TPSA) is 77.1 Å². The molecule has 7 nitrogen and oxygen atoms in total. The van der Waals surface area contributed by atoms with Gasteiger partial charge in [-0.05, 0) is 31.9 Å². The van der Waals surface area contributed by atoms with E-state index in [1.54, 1.807) is 31.1 Å². The van der Waals surface area contributed by atoms with Crippen molar-refractivity contribution in [2.45, 2.75) is 32.1 Å². The molecule has 0 radical (unpaired) electrons. The lowest BCUT2D eigenvalue weighted by molar-refractivity contribution is 0.0694. The molecule has 1 aliphatic heterocycles. The van der Waals surface area contributed by atoms with Crippen LogP contribution in [0.4, 0.5) is 8.78 Å². The number of hydrogen-bond donors (Lipinski definition) is 0. The minimum Gasteiger partial charge on any atom is -0.337 e. The van der Waals surface area contributed by atoms with Crippen LogP contribution in [0.2, 0.25) is 0 Å². The van der Waals surface area contributed by atoms with Crippen LogP contribution in [0.1, 0.15) is 52.6 Å². The maximum absolute atomic E-state index is 13.6. The molecule has 0 N–H and O–H groups in total. The van der Waals surface area contributed by atoms with E-state index >= 15 is 0 Å². The molecule has 27 heavy (non-hydrogen) atoms. The van der Waals surface area contributed by atoms with Gasteiger partial charge in [0.2, 0.25) is 0 Å². The number of amides is 1. The smallest absolute Gasteiger partial charge is 0.272 e. The Labute approximate surface area is 153 Å². The molecular formula is C18H19F2N5O2. The van der Waals surface area contributed by atoms with E-state index in [4.69, 9.17) is 4.52 Å². The highest BCUT2D eigenvalue weighted by Crippen LogP contribution is 2.34. The molecule has 3 aromatic heterocycles. The molecule has 0 aromatic carbocycles. The summed E-state index contributed by atoms with van der Waals surface area (Å²) in [6.45, 7) is 2.65. The zero-order valence-corrected chi connectivity index (χ0v) is 15.0. The number of carbonyl (C=O) groups excluding carboxylic acids is 1. The lowest BCUT2D eigenvalue weighted by atomic mass is 9.92. The predicted octanol–water partition coefficient (Wildman–Crippen LogP) is 3.22. The third kappa shape index (κ3) is 3.07. The van der Waals surface area contributed by atoms with Crippen LogP contribution in [0.15, 0.2) is 22.9 Å². The minimum absolute atomic E-state index is 0.120. The highest BCUT2D eigenvalue weighted by Gasteiger charge is 2.29. The van der Waals surface area contributed by atoms with Gasteiger partial charge < -0.3 is 9.42 Å². The summed E-state index contributed by atoms with van der Waals surface area (Å²) in [4.78, 5) is 18.9. The van der Waals surface area contributed by atoms with Gasteiger partial charge in [-0.15, -0.1) is 0 Å². The molecule has 0 spiro atoms. The Morgan fingerprint density at radius 3 is 2.93 bits per heavy atom. The third-order valence-electron chi connectivity index (χ3n) is 5.07. The zero-order chi connectivity index (χ0) is 19.1. The van der Waals surface area contributed by atoms with Gasteiger partial charge in [-0.25, -0.2) is 13.8 Å². The molecule has 1 atom stereocenters. The standard InChI is InChI=1S/C18H19F2N5O2/c1-10-15-12(16(19)20)8-13(22-17(15)27-23-10)11-4-3-7-25(9-11)18(26)14-5-6-21-24(14)2/h5-6,8,11,16H,3-4,7,9H2,1-2H3/t11-/m0/s1. The van der Waals surface area contributed by atoms with Crippen LogP contribution in [0.3, 0.4) is 0 Å². The lowest BCUT2D eigenvalue weighted by Gasteiger charge is -2.32. The Morgan fingerprint density at radius 2 is 2.22 bits per heavy atom. The maximum atomic E-state index is 13.6. The summed E-state index contributed by atoms with van der Waals surface area (Å²) >= 11 is 0. The average molecular weight is 375 g/mol. The van der Waals surface area contributed by atoms with E-state index in [2.05, 4.69) is 15.2 Å². The van der Waals surface area contributed by atoms with E-state index < -0.39 is 6.43 Å². The van der Waals surface area contributed by atoms with E-state index in [-0.39, 0.29) is 28.5 Å². The van der Waals surface area contributed by atoms with Crippen molar-refractivity contribution in [3.8, 4) is 0 Å². The van der Waals surface area contributed by atoms with E-state index in [1.807, 2.05) is 0 Å². The van der Waals surface area contributed by atoms with Crippen LogP contribution in [-0.4, -0.2) is 43.8 Å². The first-order chi connectivity index (χ1) is 13.0. The van der Waals surface area contributed by atoms with Crippen molar-refractivity contribution in [1.82, 2.24) is 24.8 Å². The van der Waals surface area contributed by atoms with Crippen LogP contribution in [0.5, 0.6) is 0 Å². The van der Waals surface area contributed by atoms with E-state index in [9.17, 15) is 13.6 Å². The number of hydrogen-bond acceptors (Lipinski definition) is 5. The molecule has 1 amide bonds. The van der Waals surface area contributed by atoms with Gasteiger partial charge in [-0.1, -0.05) is 5.16 Å². The van der Waals surface area contributed by atoms with Crippen molar-refractivity contribution in [3.05, 3.63) is 41.0 Å². The van der Waals surface area contributed by atoms with Crippen molar-refractivity contribution < 1.29 is 18.1 Å². The molecule has 3 aromatic rings. The fraction of sp³-hybridized carbons (Fsp3) is 0.444. The minimum atomic E-state index is -2.65. The summed E-state index contributed by atoms with van der Waals surface area (Å²) in [6.07, 6.45) is 0.463. The summed E-state index contributed by atoms with van der Waals surface area (Å²) < 4.78 is 33.8. The molecule has 4 rings (SSSR count). The van der Waals surface area contributed by atoms with Crippen LogP contribution in [-0.2, 0) is 7.05 Å². The fourth-order valence-electron chi connectivity index (χ4n) is 3.68. The third-order valence-corrected chi connectivity index (χ3v) is 5.07. The van der Waals surface area contributed by atoms with E-state index in [1.165, 1.54) is 10.7 Å². The fourth-order valence-corrected chi connectivity index (χ4v) is 3.68. The van der Waals surface area contributed by atoms with E-state index in [0.717, 1.165) is 12.8 Å². The van der Waals surface area contributed by atoms with Gasteiger partial charge in [0.25, 0.3) is 18.0 Å². The quantitative estimate of drug-likeness (QED) is 0.702. The number of likely N-dealkylation sites (tertiary alicyclic amines) is 1. The second kappa shape index (κ2) is 6.71. The van der Waals surface area contributed by atoms with Gasteiger partial charge in [0.1, 0.15) is 5.69 Å². The van der Waals surface area contributed by atoms with Crippen LogP contribution in [0.25, 0.3) is 11.1 Å². The molecular weight excluding hydrogens is 356 g/mol. The normalized spacial score (nSPS) is 17.8. The number of halogens is 2. The Kier molecular flexibility index (Phi) is 4.37. The van der Waals surface area contributed by atoms with Crippen LogP contribution >= 0.6 is 0 Å². The van der Waals surface area contributed by atoms with Gasteiger partial charge in [-0.2, -0.15) is 5.10 Å². The monoisotopic (exact) mass is 375 g/mol. The van der Waals surface area contributed by atoms with Crippen LogP contribution < -0.4 is 0 Å². The number of carbonyl (C=O) groups is 1. The molecule has 1 fully saturated rings. The first-order valence-electron chi connectivity index (χ1n) is 8.78. The Bertz CT molecular complexity index is 997. The number of pyridine rings is 1. The van der Waals surface area contributed by atoms with Gasteiger partial charge in [0.15, 0.2) is 0 Å². The SMILES string of the molecule is Cc1noc2nc([C@H]3CCCN(C(=O)c4ccnn4C)C3)cc(C(F)F)c12. The van der Waals surface area contributed by atoms with Crippen molar-refractivity contribution >= 4 is 17.0 Å². The van der Waals surface area contributed by atoms with Gasteiger partial charge >= 0.3 is 0 Å². The summed E-state index contributed by atoms with van der Waals surface area (Å²) in [6, 6.07) is 3.10. The summed E-state index contributed by atoms with van der Waals surface area (Å²) in [5.41, 5.74) is 1.41. The largest absolute Gasteiger partial charge is 0.337 e. The first kappa shape index (κ1) is 17.6. The Morgan fingerprint density at radius 1 is 1.41 bits per heavy atom. The zero-order valence-electron chi connectivity index (χ0n) is 15.0. The molecule has 9 heteroatoms. The van der Waals surface area contributed by atoms with Gasteiger partial charge in [-0.3, -0.25) is 9.48 Å². The number of alkyl halides is 2. The van der Waals surface area contributed by atoms with E-state index in [0.29, 0.717) is 30.2 Å². The van der Waals surface area contributed by atoms with Gasteiger partial charge in [0, 0.05) is 43.5 Å². The van der Waals surface area contributed by atoms with Crippen molar-refractivity contribution in [2.24, 2.45) is 7.05 Å².